The third-order valence-corrected chi connectivity index (χ3v) is 3.52. The Morgan fingerprint density at radius 1 is 1.35 bits per heavy atom. The summed E-state index contributed by atoms with van der Waals surface area (Å²) in [7, 11) is 0. The molecule has 0 fully saturated rings. The summed E-state index contributed by atoms with van der Waals surface area (Å²) in [4.78, 5) is 14.6. The van der Waals surface area contributed by atoms with Crippen LogP contribution >= 0.6 is 0 Å². The molecular weight excluding hydrogens is 258 g/mol. The van der Waals surface area contributed by atoms with E-state index >= 15 is 0 Å². The lowest BCUT2D eigenvalue weighted by Gasteiger charge is -2.21. The van der Waals surface area contributed by atoms with E-state index in [4.69, 9.17) is 0 Å². The van der Waals surface area contributed by atoms with E-state index in [1.54, 1.807) is 18.3 Å². The van der Waals surface area contributed by atoms with Crippen LogP contribution < -0.4 is 5.32 Å². The molecule has 0 saturated carbocycles. The van der Waals surface area contributed by atoms with E-state index in [0.29, 0.717) is 5.39 Å². The molecule has 0 aliphatic heterocycles. The first-order valence-corrected chi connectivity index (χ1v) is 6.43. The van der Waals surface area contributed by atoms with E-state index in [0.717, 1.165) is 11.1 Å². The molecule has 0 bridgehead atoms. The maximum Gasteiger partial charge on any atom is 0.278 e. The summed E-state index contributed by atoms with van der Waals surface area (Å²) in [5.74, 6) is 0.0853. The number of nitrogens with zero attached hydrogens (tertiary/aromatic N) is 2. The number of anilines is 1. The van der Waals surface area contributed by atoms with Gasteiger partial charge in [0, 0.05) is 42.2 Å². The zero-order chi connectivity index (χ0) is 14.7. The summed E-state index contributed by atoms with van der Waals surface area (Å²) in [6, 6.07) is 4.97. The molecule has 0 aliphatic rings. The fraction of sp³-hybridized carbons (Fsp3) is 0.357. The highest BCUT2D eigenvalue weighted by molar-refractivity contribution is 5.99. The first kappa shape index (κ1) is 14.2. The molecule has 0 spiro atoms. The summed E-state index contributed by atoms with van der Waals surface area (Å²) in [5.41, 5.74) is 0.849. The van der Waals surface area contributed by atoms with Gasteiger partial charge in [0.25, 0.3) is 5.69 Å². The Labute approximate surface area is 116 Å². The number of benzene rings is 1. The van der Waals surface area contributed by atoms with Crippen molar-refractivity contribution < 1.29 is 10.0 Å². The van der Waals surface area contributed by atoms with Crippen molar-refractivity contribution in [3.05, 3.63) is 40.7 Å². The molecule has 6 nitrogen and oxygen atoms in total. The van der Waals surface area contributed by atoms with Gasteiger partial charge < -0.3 is 10.4 Å². The third kappa shape index (κ3) is 2.70. The summed E-state index contributed by atoms with van der Waals surface area (Å²) >= 11 is 0. The highest BCUT2D eigenvalue weighted by atomic mass is 16.6. The molecule has 2 atom stereocenters. The topological polar surface area (TPSA) is 88.3 Å². The van der Waals surface area contributed by atoms with Crippen molar-refractivity contribution >= 4 is 22.1 Å². The Kier molecular flexibility index (Phi) is 4.14. The van der Waals surface area contributed by atoms with Gasteiger partial charge in [-0.25, -0.2) is 0 Å². The lowest BCUT2D eigenvalue weighted by molar-refractivity contribution is -0.383. The smallest absolute Gasteiger partial charge is 0.278 e. The van der Waals surface area contributed by atoms with E-state index < -0.39 is 4.92 Å². The zero-order valence-corrected chi connectivity index (χ0v) is 11.4. The molecule has 0 amide bonds. The normalized spacial score (nSPS) is 13.9. The van der Waals surface area contributed by atoms with Gasteiger partial charge in [-0.15, -0.1) is 0 Å². The van der Waals surface area contributed by atoms with Gasteiger partial charge in [0.2, 0.25) is 0 Å². The first-order valence-electron chi connectivity index (χ1n) is 6.43. The number of nitro groups is 1. The maximum atomic E-state index is 11.0. The average Bonchev–Trinajstić information content (AvgIpc) is 2.46. The predicted octanol–water partition coefficient (Wildman–Crippen LogP) is 2.57. The fourth-order valence-corrected chi connectivity index (χ4v) is 2.01. The van der Waals surface area contributed by atoms with Crippen molar-refractivity contribution in [2.24, 2.45) is 5.92 Å². The van der Waals surface area contributed by atoms with Crippen molar-refractivity contribution in [1.82, 2.24) is 4.98 Å². The van der Waals surface area contributed by atoms with Gasteiger partial charge in [0.15, 0.2) is 0 Å². The molecule has 1 heterocycles. The Bertz CT molecular complexity index is 630. The van der Waals surface area contributed by atoms with Gasteiger partial charge in [-0.3, -0.25) is 15.1 Å². The number of hydrogen-bond acceptors (Lipinski definition) is 5. The van der Waals surface area contributed by atoms with Gasteiger partial charge in [-0.1, -0.05) is 6.92 Å². The molecule has 2 aromatic rings. The highest BCUT2D eigenvalue weighted by Gasteiger charge is 2.17. The standard InChI is InChI=1S/C14H17N3O3/c1-9(8-18)10(2)16-13-3-4-14(17(19)20)12-7-15-6-5-11(12)13/h3-7,9-10,16,18H,8H2,1-2H3. The third-order valence-electron chi connectivity index (χ3n) is 3.52. The van der Waals surface area contributed by atoms with E-state index in [1.807, 2.05) is 13.8 Å². The van der Waals surface area contributed by atoms with Gasteiger partial charge in [0.1, 0.15) is 0 Å². The number of rotatable bonds is 5. The SMILES string of the molecule is CC(CO)C(C)Nc1ccc([N+](=O)[O-])c2cnccc12. The van der Waals surface area contributed by atoms with E-state index in [2.05, 4.69) is 10.3 Å². The van der Waals surface area contributed by atoms with Crippen LogP contribution in [0.15, 0.2) is 30.6 Å². The number of aromatic nitrogens is 1. The molecule has 1 aromatic heterocycles. The van der Waals surface area contributed by atoms with Gasteiger partial charge in [0.05, 0.1) is 10.3 Å². The van der Waals surface area contributed by atoms with Gasteiger partial charge in [-0.05, 0) is 25.0 Å². The minimum atomic E-state index is -0.409. The van der Waals surface area contributed by atoms with Crippen molar-refractivity contribution in [2.75, 3.05) is 11.9 Å². The van der Waals surface area contributed by atoms with Crippen LogP contribution in [-0.2, 0) is 0 Å². The number of nitrogens with one attached hydrogen (secondary N) is 1. The molecule has 0 radical (unpaired) electrons. The first-order chi connectivity index (χ1) is 9.54. The number of hydrogen-bond donors (Lipinski definition) is 2. The number of non-ortho nitro benzene ring substituents is 1. The predicted molar refractivity (Wildman–Crippen MR) is 77.7 cm³/mol. The highest BCUT2D eigenvalue weighted by Crippen LogP contribution is 2.31. The largest absolute Gasteiger partial charge is 0.396 e. The van der Waals surface area contributed by atoms with Crippen molar-refractivity contribution in [1.29, 1.82) is 0 Å². The van der Waals surface area contributed by atoms with Crippen molar-refractivity contribution in [2.45, 2.75) is 19.9 Å². The quantitative estimate of drug-likeness (QED) is 0.646. The van der Waals surface area contributed by atoms with Crippen LogP contribution in [-0.4, -0.2) is 27.7 Å². The maximum absolute atomic E-state index is 11.0. The van der Waals surface area contributed by atoms with E-state index in [9.17, 15) is 15.2 Å². The van der Waals surface area contributed by atoms with Crippen LogP contribution in [0.5, 0.6) is 0 Å². The molecule has 106 valence electrons. The Morgan fingerprint density at radius 2 is 2.10 bits per heavy atom. The molecule has 0 saturated heterocycles. The minimum Gasteiger partial charge on any atom is -0.396 e. The molecular formula is C14H17N3O3. The van der Waals surface area contributed by atoms with Crippen LogP contribution in [0.4, 0.5) is 11.4 Å². The molecule has 0 aliphatic carbocycles. The molecule has 2 N–H and O–H groups in total. The van der Waals surface area contributed by atoms with Gasteiger partial charge in [-0.2, -0.15) is 0 Å². The number of nitro benzene ring substituents is 1. The second-order valence-electron chi connectivity index (χ2n) is 4.90. The molecule has 2 unspecified atom stereocenters. The second-order valence-corrected chi connectivity index (χ2v) is 4.90. The Hall–Kier alpha value is -2.21. The van der Waals surface area contributed by atoms with Crippen molar-refractivity contribution in [3.8, 4) is 0 Å². The van der Waals surface area contributed by atoms with Crippen LogP contribution in [0.1, 0.15) is 13.8 Å². The molecule has 6 heteroatoms. The minimum absolute atomic E-state index is 0.0431. The fourth-order valence-electron chi connectivity index (χ4n) is 2.01. The molecule has 1 aromatic carbocycles. The number of fused-ring (bicyclic) bond motifs is 1. The zero-order valence-electron chi connectivity index (χ0n) is 11.4. The van der Waals surface area contributed by atoms with Gasteiger partial charge >= 0.3 is 0 Å². The van der Waals surface area contributed by atoms with Crippen molar-refractivity contribution in [3.63, 3.8) is 0 Å². The lowest BCUT2D eigenvalue weighted by Crippen LogP contribution is -2.26. The lowest BCUT2D eigenvalue weighted by atomic mass is 10.0. The average molecular weight is 275 g/mol. The molecule has 2 rings (SSSR count). The Balaban J connectivity index is 2.46. The Morgan fingerprint density at radius 3 is 2.75 bits per heavy atom. The number of aliphatic hydroxyl groups is 1. The summed E-state index contributed by atoms with van der Waals surface area (Å²) < 4.78 is 0. The van der Waals surface area contributed by atoms with Crippen LogP contribution in [0.3, 0.4) is 0 Å². The molecule has 20 heavy (non-hydrogen) atoms. The second kappa shape index (κ2) is 5.83. The monoisotopic (exact) mass is 275 g/mol. The summed E-state index contributed by atoms with van der Waals surface area (Å²) in [6.07, 6.45) is 3.11. The number of aliphatic hydroxyl groups excluding tert-OH is 1. The van der Waals surface area contributed by atoms with E-state index in [1.165, 1.54) is 12.3 Å². The van der Waals surface area contributed by atoms with Crippen LogP contribution in [0, 0.1) is 16.0 Å². The van der Waals surface area contributed by atoms with E-state index in [-0.39, 0.29) is 24.3 Å². The number of pyridine rings is 1. The summed E-state index contributed by atoms with van der Waals surface area (Å²) in [5, 5.41) is 24.8. The summed E-state index contributed by atoms with van der Waals surface area (Å²) in [6.45, 7) is 3.99. The van der Waals surface area contributed by atoms with Crippen LogP contribution in [0.2, 0.25) is 0 Å². The van der Waals surface area contributed by atoms with Crippen LogP contribution in [0.25, 0.3) is 10.8 Å².